The summed E-state index contributed by atoms with van der Waals surface area (Å²) in [5.41, 5.74) is 0.735. The molecule has 4 aromatic rings. The highest BCUT2D eigenvalue weighted by Crippen LogP contribution is 2.36. The predicted molar refractivity (Wildman–Crippen MR) is 92.4 cm³/mol. The summed E-state index contributed by atoms with van der Waals surface area (Å²) in [4.78, 5) is 14.9. The maximum atomic E-state index is 10.9. The van der Waals surface area contributed by atoms with Crippen LogP contribution in [-0.2, 0) is 0 Å². The summed E-state index contributed by atoms with van der Waals surface area (Å²) in [7, 11) is 0. The van der Waals surface area contributed by atoms with Gasteiger partial charge in [-0.25, -0.2) is 4.98 Å². The summed E-state index contributed by atoms with van der Waals surface area (Å²) in [6.45, 7) is 0. The molecule has 4 rings (SSSR count). The van der Waals surface area contributed by atoms with Crippen LogP contribution in [-0.4, -0.2) is 30.1 Å². The summed E-state index contributed by atoms with van der Waals surface area (Å²) >= 11 is 10.2. The maximum absolute atomic E-state index is 10.9. The fraction of sp³-hybridized carbons (Fsp3) is 0. The zero-order chi connectivity index (χ0) is 16.7. The predicted octanol–water partition coefficient (Wildman–Crippen LogP) is 4.05. The molecule has 0 spiro atoms. The first kappa shape index (κ1) is 15.4. The number of aromatic nitrogens is 5. The lowest BCUT2D eigenvalue weighted by atomic mass is 10.3. The van der Waals surface area contributed by atoms with Crippen LogP contribution in [0.2, 0.25) is 5.02 Å². The van der Waals surface area contributed by atoms with Gasteiger partial charge in [0.15, 0.2) is 4.34 Å². The maximum Gasteiger partial charge on any atom is 0.270 e. The molecule has 0 fully saturated rings. The van der Waals surface area contributed by atoms with Gasteiger partial charge in [-0.3, -0.25) is 10.1 Å². The fourth-order valence-corrected chi connectivity index (χ4v) is 5.06. The van der Waals surface area contributed by atoms with Crippen LogP contribution in [0.4, 0.5) is 5.69 Å². The molecular formula is C12H5ClN6O2S3. The van der Waals surface area contributed by atoms with E-state index in [1.165, 1.54) is 46.6 Å². The number of benzene rings is 1. The molecule has 0 aliphatic rings. The minimum atomic E-state index is -0.425. The Kier molecular flexibility index (Phi) is 3.92. The lowest BCUT2D eigenvalue weighted by Gasteiger charge is -1.99. The number of hydrogen-bond donors (Lipinski definition) is 0. The van der Waals surface area contributed by atoms with Crippen molar-refractivity contribution in [2.24, 2.45) is 0 Å². The fourth-order valence-electron chi connectivity index (χ4n) is 1.93. The van der Waals surface area contributed by atoms with Crippen LogP contribution in [0, 0.1) is 10.1 Å². The number of hydrogen-bond acceptors (Lipinski definition) is 9. The number of tetrazole rings is 1. The van der Waals surface area contributed by atoms with E-state index in [9.17, 15) is 10.1 Å². The Hall–Kier alpha value is -2.08. The summed E-state index contributed by atoms with van der Waals surface area (Å²) in [6, 6.07) is 6.35. The van der Waals surface area contributed by atoms with Crippen LogP contribution < -0.4 is 0 Å². The average Bonchev–Trinajstić information content (AvgIpc) is 3.25. The second-order valence-corrected chi connectivity index (χ2v) is 7.98. The highest BCUT2D eigenvalue weighted by molar-refractivity contribution is 8.01. The van der Waals surface area contributed by atoms with E-state index in [4.69, 9.17) is 11.6 Å². The Morgan fingerprint density at radius 3 is 2.96 bits per heavy atom. The molecule has 0 N–H and O–H groups in total. The summed E-state index contributed by atoms with van der Waals surface area (Å²) in [5, 5.41) is 26.2. The Labute approximate surface area is 151 Å². The number of fused-ring (bicyclic) bond motifs is 1. The molecule has 0 amide bonds. The molecule has 3 aromatic heterocycles. The van der Waals surface area contributed by atoms with Crippen LogP contribution in [0.25, 0.3) is 15.2 Å². The SMILES string of the molecule is O=[N+]([O-])c1ccc2nc(Sc3nnnn3-c3sccc3Cl)sc2c1. The van der Waals surface area contributed by atoms with E-state index < -0.39 is 4.92 Å². The van der Waals surface area contributed by atoms with Gasteiger partial charge in [0.25, 0.3) is 5.69 Å². The lowest BCUT2D eigenvalue weighted by molar-refractivity contribution is -0.384. The van der Waals surface area contributed by atoms with Gasteiger partial charge in [0.2, 0.25) is 5.16 Å². The monoisotopic (exact) mass is 396 g/mol. The van der Waals surface area contributed by atoms with E-state index in [-0.39, 0.29) is 5.69 Å². The molecule has 0 bridgehead atoms. The quantitative estimate of drug-likeness (QED) is 0.379. The Bertz CT molecular complexity index is 1060. The molecule has 120 valence electrons. The number of thiazole rings is 1. The first-order valence-electron chi connectivity index (χ1n) is 6.36. The smallest absolute Gasteiger partial charge is 0.258 e. The van der Waals surface area contributed by atoms with Crippen molar-refractivity contribution >= 4 is 61.9 Å². The molecule has 0 aliphatic carbocycles. The van der Waals surface area contributed by atoms with Gasteiger partial charge >= 0.3 is 0 Å². The van der Waals surface area contributed by atoms with E-state index in [2.05, 4.69) is 20.5 Å². The lowest BCUT2D eigenvalue weighted by Crippen LogP contribution is -1.96. The van der Waals surface area contributed by atoms with E-state index in [0.29, 0.717) is 20.0 Å². The molecule has 0 unspecified atom stereocenters. The van der Waals surface area contributed by atoms with Crippen LogP contribution in [0.15, 0.2) is 39.1 Å². The molecule has 12 heteroatoms. The number of nitrogens with zero attached hydrogens (tertiary/aromatic N) is 6. The molecule has 0 saturated carbocycles. The molecular weight excluding hydrogens is 392 g/mol. The van der Waals surface area contributed by atoms with Crippen molar-refractivity contribution in [1.82, 2.24) is 25.2 Å². The molecule has 0 atom stereocenters. The van der Waals surface area contributed by atoms with Crippen molar-refractivity contribution in [2.75, 3.05) is 0 Å². The van der Waals surface area contributed by atoms with E-state index in [0.717, 1.165) is 9.70 Å². The molecule has 0 aliphatic heterocycles. The minimum absolute atomic E-state index is 0.0397. The van der Waals surface area contributed by atoms with Gasteiger partial charge in [0.05, 0.1) is 20.2 Å². The Morgan fingerprint density at radius 1 is 1.33 bits per heavy atom. The third-order valence-corrected chi connectivity index (χ3v) is 6.29. The first-order valence-corrected chi connectivity index (χ1v) is 9.25. The Morgan fingerprint density at radius 2 is 2.21 bits per heavy atom. The number of thiophene rings is 1. The Balaban J connectivity index is 1.69. The zero-order valence-corrected chi connectivity index (χ0v) is 14.7. The summed E-state index contributed by atoms with van der Waals surface area (Å²) in [5.74, 6) is 0. The molecule has 3 heterocycles. The first-order chi connectivity index (χ1) is 11.6. The van der Waals surface area contributed by atoms with Gasteiger partial charge in [-0.15, -0.1) is 27.8 Å². The van der Waals surface area contributed by atoms with Gasteiger partial charge in [-0.2, -0.15) is 4.68 Å². The molecule has 1 aromatic carbocycles. The second-order valence-electron chi connectivity index (χ2n) is 4.44. The van der Waals surface area contributed by atoms with E-state index in [1.54, 1.807) is 16.8 Å². The van der Waals surface area contributed by atoms with Gasteiger partial charge in [-0.1, -0.05) is 11.6 Å². The van der Waals surface area contributed by atoms with Gasteiger partial charge in [-0.05, 0) is 39.7 Å². The molecule has 8 nitrogen and oxygen atoms in total. The number of non-ortho nitro benzene ring substituents is 1. The highest BCUT2D eigenvalue weighted by Gasteiger charge is 2.17. The average molecular weight is 397 g/mol. The number of nitro groups is 1. The third-order valence-electron chi connectivity index (χ3n) is 2.97. The van der Waals surface area contributed by atoms with Crippen molar-refractivity contribution in [1.29, 1.82) is 0 Å². The number of halogens is 1. The highest BCUT2D eigenvalue weighted by atomic mass is 35.5. The summed E-state index contributed by atoms with van der Waals surface area (Å²) in [6.07, 6.45) is 0. The molecule has 0 radical (unpaired) electrons. The van der Waals surface area contributed by atoms with Crippen LogP contribution >= 0.6 is 46.0 Å². The molecule has 24 heavy (non-hydrogen) atoms. The number of rotatable bonds is 4. The zero-order valence-electron chi connectivity index (χ0n) is 11.5. The van der Waals surface area contributed by atoms with Crippen LogP contribution in [0.3, 0.4) is 0 Å². The van der Waals surface area contributed by atoms with Crippen molar-refractivity contribution in [3.8, 4) is 5.00 Å². The summed E-state index contributed by atoms with van der Waals surface area (Å²) < 4.78 is 2.97. The van der Waals surface area contributed by atoms with Gasteiger partial charge in [0.1, 0.15) is 5.00 Å². The van der Waals surface area contributed by atoms with E-state index in [1.807, 2.05) is 5.38 Å². The topological polar surface area (TPSA) is 99.6 Å². The minimum Gasteiger partial charge on any atom is -0.258 e. The van der Waals surface area contributed by atoms with Crippen molar-refractivity contribution in [2.45, 2.75) is 9.50 Å². The third kappa shape index (κ3) is 2.75. The van der Waals surface area contributed by atoms with Crippen molar-refractivity contribution in [3.63, 3.8) is 0 Å². The van der Waals surface area contributed by atoms with Gasteiger partial charge in [0, 0.05) is 12.1 Å². The van der Waals surface area contributed by atoms with Crippen LogP contribution in [0.1, 0.15) is 0 Å². The van der Waals surface area contributed by atoms with Crippen molar-refractivity contribution < 1.29 is 4.92 Å². The normalized spacial score (nSPS) is 11.2. The van der Waals surface area contributed by atoms with Gasteiger partial charge < -0.3 is 0 Å². The number of nitro benzene ring substituents is 1. The van der Waals surface area contributed by atoms with Crippen molar-refractivity contribution in [3.05, 3.63) is 44.8 Å². The van der Waals surface area contributed by atoms with E-state index >= 15 is 0 Å². The largest absolute Gasteiger partial charge is 0.270 e. The standard InChI is InChI=1S/C12H5ClN6O2S3/c13-7-3-4-22-10(7)18-11(15-16-17-18)24-12-14-8-2-1-6(19(20)21)5-9(8)23-12/h1-5H. The second kappa shape index (κ2) is 6.09. The molecule has 0 saturated heterocycles. The van der Waals surface area contributed by atoms with Crippen LogP contribution in [0.5, 0.6) is 0 Å².